The minimum atomic E-state index is -3.20. The van der Waals surface area contributed by atoms with Gasteiger partial charge in [-0.3, -0.25) is 4.79 Å². The Morgan fingerprint density at radius 2 is 1.59 bits per heavy atom. The van der Waals surface area contributed by atoms with E-state index >= 15 is 0 Å². The molecule has 0 saturated heterocycles. The van der Waals surface area contributed by atoms with E-state index in [1.165, 1.54) is 27.4 Å². The van der Waals surface area contributed by atoms with Crippen molar-refractivity contribution in [2.45, 2.75) is 0 Å². The molecule has 0 N–H and O–H groups in total. The fourth-order valence-electron chi connectivity index (χ4n) is 1.39. The van der Waals surface area contributed by atoms with Crippen LogP contribution in [0.5, 0.6) is 0 Å². The summed E-state index contributed by atoms with van der Waals surface area (Å²) in [6, 6.07) is 9.52. The Hall–Kier alpha value is -1.27. The highest BCUT2D eigenvalue weighted by atomic mass is 28.4. The number of rotatable bonds is 6. The molecule has 1 aromatic rings. The molecule has 0 unspecified atom stereocenters. The molecule has 0 aliphatic rings. The third kappa shape index (κ3) is 3.34. The molecule has 0 radical (unpaired) electrons. The molecule has 0 atom stereocenters. The van der Waals surface area contributed by atoms with Gasteiger partial charge >= 0.3 is 8.80 Å². The summed E-state index contributed by atoms with van der Waals surface area (Å²) in [6.07, 6.45) is 3.14. The van der Waals surface area contributed by atoms with Gasteiger partial charge in [0.05, 0.1) is 0 Å². The maximum Gasteiger partial charge on any atom is 0.578 e. The lowest BCUT2D eigenvalue weighted by atomic mass is 10.2. The molecule has 4 nitrogen and oxygen atoms in total. The van der Waals surface area contributed by atoms with Gasteiger partial charge in [0, 0.05) is 21.3 Å². The Morgan fingerprint density at radius 3 is 2.06 bits per heavy atom. The van der Waals surface area contributed by atoms with Crippen molar-refractivity contribution in [1.82, 2.24) is 0 Å². The Balaban J connectivity index is 2.81. The fraction of sp³-hybridized carbons (Fsp3) is 0.250. The van der Waals surface area contributed by atoms with Crippen molar-refractivity contribution in [1.29, 1.82) is 0 Å². The van der Waals surface area contributed by atoms with Crippen molar-refractivity contribution in [3.8, 4) is 0 Å². The normalized spacial score (nSPS) is 11.9. The van der Waals surface area contributed by atoms with Gasteiger partial charge in [-0.1, -0.05) is 36.4 Å². The van der Waals surface area contributed by atoms with Crippen LogP contribution in [0.2, 0.25) is 0 Å². The van der Waals surface area contributed by atoms with Crippen LogP contribution < -0.4 is 0 Å². The Labute approximate surface area is 102 Å². The van der Waals surface area contributed by atoms with Crippen LogP contribution in [-0.4, -0.2) is 35.5 Å². The molecular weight excluding hydrogens is 236 g/mol. The second kappa shape index (κ2) is 6.46. The monoisotopic (exact) mass is 252 g/mol. The van der Waals surface area contributed by atoms with Gasteiger partial charge in [0.1, 0.15) is 0 Å². The topological polar surface area (TPSA) is 44.8 Å². The predicted octanol–water partition coefficient (Wildman–Crippen LogP) is 1.69. The van der Waals surface area contributed by atoms with Crippen LogP contribution in [0.4, 0.5) is 0 Å². The number of hydrogen-bond donors (Lipinski definition) is 0. The summed E-state index contributed by atoms with van der Waals surface area (Å²) in [5.74, 6) is 0. The van der Waals surface area contributed by atoms with Gasteiger partial charge in [0.2, 0.25) is 5.41 Å². The zero-order valence-corrected chi connectivity index (χ0v) is 11.2. The molecule has 0 aliphatic heterocycles. The molecule has 0 aromatic heterocycles. The van der Waals surface area contributed by atoms with Crippen LogP contribution >= 0.6 is 0 Å². The second-order valence-corrected chi connectivity index (χ2v) is 6.11. The van der Waals surface area contributed by atoms with Crippen molar-refractivity contribution >= 4 is 20.3 Å². The summed E-state index contributed by atoms with van der Waals surface area (Å²) in [5, 5.41) is -0.270. The van der Waals surface area contributed by atoms with Crippen LogP contribution in [0.25, 0.3) is 6.08 Å². The molecule has 1 rings (SSSR count). The zero-order valence-electron chi connectivity index (χ0n) is 10.2. The Bertz CT molecular complexity index is 376. The summed E-state index contributed by atoms with van der Waals surface area (Å²) < 4.78 is 15.2. The van der Waals surface area contributed by atoms with Gasteiger partial charge < -0.3 is 13.3 Å². The van der Waals surface area contributed by atoms with Crippen molar-refractivity contribution in [3.63, 3.8) is 0 Å². The van der Waals surface area contributed by atoms with Crippen LogP contribution in [0.15, 0.2) is 36.4 Å². The summed E-state index contributed by atoms with van der Waals surface area (Å²) >= 11 is 0. The molecule has 1 aromatic carbocycles. The third-order valence-corrected chi connectivity index (χ3v) is 4.72. The third-order valence-electron chi connectivity index (χ3n) is 2.33. The smallest absolute Gasteiger partial charge is 0.372 e. The first kappa shape index (κ1) is 13.8. The van der Waals surface area contributed by atoms with Gasteiger partial charge in [-0.25, -0.2) is 0 Å². The number of benzene rings is 1. The molecule has 0 amide bonds. The van der Waals surface area contributed by atoms with E-state index in [-0.39, 0.29) is 5.41 Å². The molecule has 0 saturated carbocycles. The first-order valence-corrected chi connectivity index (χ1v) is 6.84. The minimum absolute atomic E-state index is 0.270. The van der Waals surface area contributed by atoms with E-state index in [2.05, 4.69) is 0 Å². The van der Waals surface area contributed by atoms with Crippen molar-refractivity contribution in [3.05, 3.63) is 42.0 Å². The lowest BCUT2D eigenvalue weighted by molar-refractivity contribution is -0.113. The SMILES string of the molecule is CO[Si](OC)(OC)C(=O)C=Cc1ccccc1. The van der Waals surface area contributed by atoms with Gasteiger partial charge in [-0.05, 0) is 11.6 Å². The van der Waals surface area contributed by atoms with Gasteiger partial charge in [-0.2, -0.15) is 0 Å². The average Bonchev–Trinajstić information content (AvgIpc) is 2.40. The highest BCUT2D eigenvalue weighted by molar-refractivity contribution is 6.94. The van der Waals surface area contributed by atoms with E-state index in [1.807, 2.05) is 30.3 Å². The maximum absolute atomic E-state index is 11.9. The van der Waals surface area contributed by atoms with Crippen molar-refractivity contribution in [2.24, 2.45) is 0 Å². The number of allylic oxidation sites excluding steroid dienone is 1. The summed E-state index contributed by atoms with van der Waals surface area (Å²) in [4.78, 5) is 11.9. The van der Waals surface area contributed by atoms with E-state index in [1.54, 1.807) is 6.08 Å². The Morgan fingerprint density at radius 1 is 1.06 bits per heavy atom. The molecular formula is C12H16O4Si. The molecule has 5 heteroatoms. The number of carbonyl (C=O) groups excluding carboxylic acids is 1. The van der Waals surface area contributed by atoms with Crippen molar-refractivity contribution < 1.29 is 18.1 Å². The molecule has 17 heavy (non-hydrogen) atoms. The maximum atomic E-state index is 11.9. The highest BCUT2D eigenvalue weighted by Gasteiger charge is 2.46. The van der Waals surface area contributed by atoms with Gasteiger partial charge in [0.25, 0.3) is 0 Å². The van der Waals surface area contributed by atoms with Gasteiger partial charge in [-0.15, -0.1) is 0 Å². The fourth-order valence-corrected chi connectivity index (χ4v) is 2.78. The van der Waals surface area contributed by atoms with E-state index < -0.39 is 8.80 Å². The van der Waals surface area contributed by atoms with E-state index in [9.17, 15) is 4.79 Å². The van der Waals surface area contributed by atoms with Crippen molar-refractivity contribution in [2.75, 3.05) is 21.3 Å². The highest BCUT2D eigenvalue weighted by Crippen LogP contribution is 2.10. The van der Waals surface area contributed by atoms with Gasteiger partial charge in [0.15, 0.2) is 0 Å². The van der Waals surface area contributed by atoms with E-state index in [0.29, 0.717) is 0 Å². The lowest BCUT2D eigenvalue weighted by Gasteiger charge is -2.20. The molecule has 0 aliphatic carbocycles. The lowest BCUT2D eigenvalue weighted by Crippen LogP contribution is -2.50. The first-order valence-electron chi connectivity index (χ1n) is 5.11. The molecule has 0 spiro atoms. The molecule has 0 fully saturated rings. The second-order valence-electron chi connectivity index (χ2n) is 3.28. The van der Waals surface area contributed by atoms with Crippen LogP contribution in [0.1, 0.15) is 5.56 Å². The predicted molar refractivity (Wildman–Crippen MR) is 67.3 cm³/mol. The van der Waals surface area contributed by atoms with E-state index in [0.717, 1.165) is 5.56 Å². The largest absolute Gasteiger partial charge is 0.578 e. The summed E-state index contributed by atoms with van der Waals surface area (Å²) in [5.41, 5.74) is 0.937. The van der Waals surface area contributed by atoms with E-state index in [4.69, 9.17) is 13.3 Å². The summed E-state index contributed by atoms with van der Waals surface area (Å²) in [6.45, 7) is 0. The molecule has 0 bridgehead atoms. The molecule has 92 valence electrons. The number of hydrogen-bond acceptors (Lipinski definition) is 4. The Kier molecular flexibility index (Phi) is 5.24. The standard InChI is InChI=1S/C12H16O4Si/c1-14-17(15-2,16-3)12(13)10-9-11-7-5-4-6-8-11/h4-10H,1-3H3. The minimum Gasteiger partial charge on any atom is -0.372 e. The summed E-state index contributed by atoms with van der Waals surface area (Å²) in [7, 11) is 1.03. The van der Waals surface area contributed by atoms with Crippen LogP contribution in [0, 0.1) is 0 Å². The quantitative estimate of drug-likeness (QED) is 0.571. The van der Waals surface area contributed by atoms with Crippen LogP contribution in [0.3, 0.4) is 0 Å². The first-order chi connectivity index (χ1) is 8.18. The number of carbonyl (C=O) groups is 1. The van der Waals surface area contributed by atoms with Crippen LogP contribution in [-0.2, 0) is 18.1 Å². The zero-order chi connectivity index (χ0) is 12.7. The molecule has 0 heterocycles. The average molecular weight is 252 g/mol.